The third kappa shape index (κ3) is 9.99. The molecule has 9 nitrogen and oxygen atoms in total. The van der Waals surface area contributed by atoms with Crippen LogP contribution < -0.4 is 15.4 Å². The van der Waals surface area contributed by atoms with Crippen molar-refractivity contribution in [2.45, 2.75) is 19.4 Å². The van der Waals surface area contributed by atoms with Gasteiger partial charge in [-0.15, -0.1) is 0 Å². The van der Waals surface area contributed by atoms with Crippen LogP contribution in [0, 0.1) is 0 Å². The fourth-order valence-electron chi connectivity index (χ4n) is 5.49. The molecule has 6 aromatic rings. The number of benzene rings is 6. The Bertz CT molecular complexity index is 2050. The molecule has 9 heteroatoms. The van der Waals surface area contributed by atoms with Gasteiger partial charge in [0, 0.05) is 22.6 Å². The lowest BCUT2D eigenvalue weighted by Gasteiger charge is -2.14. The van der Waals surface area contributed by atoms with Crippen LogP contribution in [0.5, 0.6) is 11.5 Å². The quantitative estimate of drug-likeness (QED) is 0.0701. The fourth-order valence-corrected chi connectivity index (χ4v) is 5.49. The number of anilines is 3. The van der Waals surface area contributed by atoms with Gasteiger partial charge in [-0.25, -0.2) is 9.68 Å². The molecule has 0 aromatic heterocycles. The smallest absolute Gasteiger partial charge is 0.336 e. The van der Waals surface area contributed by atoms with Gasteiger partial charge in [0.05, 0.1) is 11.1 Å². The molecule has 0 fully saturated rings. The van der Waals surface area contributed by atoms with Crippen molar-refractivity contribution in [3.05, 3.63) is 185 Å². The molecule has 0 aliphatic rings. The average Bonchev–Trinajstić information content (AvgIpc) is 3.16. The highest BCUT2D eigenvalue weighted by molar-refractivity contribution is 6.10. The number of hydrogen-bond donors (Lipinski definition) is 4. The van der Waals surface area contributed by atoms with Crippen LogP contribution in [-0.2, 0) is 29.1 Å². The van der Waals surface area contributed by atoms with E-state index in [-0.39, 0.29) is 17.7 Å². The highest BCUT2D eigenvalue weighted by atomic mass is 17.1. The number of ether oxygens (including phenoxy) is 1. The second-order valence-electron chi connectivity index (χ2n) is 11.5. The van der Waals surface area contributed by atoms with Gasteiger partial charge in [0.25, 0.3) is 5.91 Å². The summed E-state index contributed by atoms with van der Waals surface area (Å²) in [6, 6.07) is 45.1. The van der Waals surface area contributed by atoms with E-state index in [2.05, 4.69) is 33.7 Å². The van der Waals surface area contributed by atoms with E-state index >= 15 is 0 Å². The summed E-state index contributed by atoms with van der Waals surface area (Å²) >= 11 is 0. The van der Waals surface area contributed by atoms with Gasteiger partial charge in [0.15, 0.2) is 0 Å². The first kappa shape index (κ1) is 35.7. The van der Waals surface area contributed by atoms with Crippen molar-refractivity contribution in [3.63, 3.8) is 0 Å². The molecular formula is C42H36N2O7. The minimum atomic E-state index is -1.17. The predicted octanol–water partition coefficient (Wildman–Crippen LogP) is 9.16. The lowest BCUT2D eigenvalue weighted by Crippen LogP contribution is -2.17. The normalized spacial score (nSPS) is 10.4. The zero-order valence-electron chi connectivity index (χ0n) is 27.6. The Hall–Kier alpha value is -6.55. The van der Waals surface area contributed by atoms with E-state index in [1.165, 1.54) is 11.6 Å². The zero-order valence-corrected chi connectivity index (χ0v) is 27.6. The van der Waals surface area contributed by atoms with E-state index in [1.807, 2.05) is 91.7 Å². The summed E-state index contributed by atoms with van der Waals surface area (Å²) in [5, 5.41) is 25.0. The van der Waals surface area contributed by atoms with E-state index < -0.39 is 11.9 Å². The van der Waals surface area contributed by atoms with Crippen molar-refractivity contribution in [2.75, 3.05) is 10.6 Å². The van der Waals surface area contributed by atoms with E-state index in [0.29, 0.717) is 23.6 Å². The Morgan fingerprint density at radius 2 is 1.12 bits per heavy atom. The lowest BCUT2D eigenvalue weighted by molar-refractivity contribution is -0.252. The number of nitrogens with one attached hydrogen (secondary N) is 2. The molecule has 0 heterocycles. The molecule has 0 aliphatic carbocycles. The molecule has 0 saturated heterocycles. The van der Waals surface area contributed by atoms with Gasteiger partial charge >= 0.3 is 5.97 Å². The fraction of sp³-hybridized carbons (Fsp3) is 0.0714. The largest absolute Gasteiger partial charge is 0.478 e. The number of carbonyl (C=O) groups is 3. The molecule has 0 saturated carbocycles. The minimum Gasteiger partial charge on any atom is -0.478 e. The SMILES string of the molecule is C=O.O=C(O)c1ccc(Cc2ccccc2)cc1C(=O)Nc1ccc(Oc2ccc(Nc3cc(Cc4ccccc4)ccc3COO)cc2)cc1. The first-order valence-electron chi connectivity index (χ1n) is 16.0. The Labute approximate surface area is 295 Å². The van der Waals surface area contributed by atoms with Crippen molar-refractivity contribution in [1.82, 2.24) is 0 Å². The third-order valence-electron chi connectivity index (χ3n) is 7.94. The summed E-state index contributed by atoms with van der Waals surface area (Å²) in [5.74, 6) is -0.507. The van der Waals surface area contributed by atoms with Gasteiger partial charge < -0.3 is 25.3 Å². The van der Waals surface area contributed by atoms with Crippen LogP contribution in [0.25, 0.3) is 0 Å². The number of amides is 1. The van der Waals surface area contributed by atoms with Crippen LogP contribution in [0.3, 0.4) is 0 Å². The van der Waals surface area contributed by atoms with Crippen molar-refractivity contribution < 1.29 is 34.4 Å². The molecule has 0 aliphatic heterocycles. The number of hydrogen-bond acceptors (Lipinski definition) is 7. The number of rotatable bonds is 13. The highest BCUT2D eigenvalue weighted by Gasteiger charge is 2.18. The summed E-state index contributed by atoms with van der Waals surface area (Å²) in [4.78, 5) is 37.5. The number of carbonyl (C=O) groups excluding carboxylic acids is 2. The van der Waals surface area contributed by atoms with Crippen molar-refractivity contribution >= 4 is 35.7 Å². The number of carboxylic acids is 1. The molecule has 0 radical (unpaired) electrons. The van der Waals surface area contributed by atoms with Gasteiger partial charge in [0.1, 0.15) is 24.9 Å². The Balaban J connectivity index is 0.00000248. The molecule has 1 amide bonds. The molecule has 0 bridgehead atoms. The van der Waals surface area contributed by atoms with Crippen LogP contribution in [0.15, 0.2) is 146 Å². The average molecular weight is 681 g/mol. The lowest BCUT2D eigenvalue weighted by atomic mass is 9.98. The number of carboxylic acid groups (broad SMARTS) is 1. The number of aromatic carboxylic acids is 1. The molecule has 0 spiro atoms. The molecular weight excluding hydrogens is 644 g/mol. The molecule has 0 atom stereocenters. The van der Waals surface area contributed by atoms with Gasteiger partial charge in [0.2, 0.25) is 0 Å². The maximum atomic E-state index is 13.2. The zero-order chi connectivity index (χ0) is 36.0. The molecule has 256 valence electrons. The van der Waals surface area contributed by atoms with Gasteiger partial charge in [-0.2, -0.15) is 0 Å². The summed E-state index contributed by atoms with van der Waals surface area (Å²) in [6.45, 7) is 2.05. The van der Waals surface area contributed by atoms with Crippen LogP contribution in [0.4, 0.5) is 17.1 Å². The predicted molar refractivity (Wildman–Crippen MR) is 197 cm³/mol. The molecule has 51 heavy (non-hydrogen) atoms. The van der Waals surface area contributed by atoms with Gasteiger partial charge in [-0.3, -0.25) is 10.1 Å². The summed E-state index contributed by atoms with van der Waals surface area (Å²) in [7, 11) is 0. The molecule has 0 unspecified atom stereocenters. The topological polar surface area (TPSA) is 134 Å². The minimum absolute atomic E-state index is 0.0486. The molecule has 6 aromatic carbocycles. The van der Waals surface area contributed by atoms with Crippen molar-refractivity contribution in [3.8, 4) is 11.5 Å². The van der Waals surface area contributed by atoms with Crippen LogP contribution >= 0.6 is 0 Å². The maximum absolute atomic E-state index is 13.2. The van der Waals surface area contributed by atoms with E-state index in [4.69, 9.17) is 14.8 Å². The standard InChI is InChI=1S/C41H34N2O6.CH2O/c44-40(38-25-30(12-22-37(38)41(45)46)23-28-7-3-1-4-8-28)43-34-16-20-36(21-17-34)49-35-18-14-33(15-19-35)42-39-26-31(11-13-32(39)27-48-47)24-29-9-5-2-6-10-29;1-2/h1-22,25-26,42,47H,23-24,27H2,(H,43,44)(H,45,46);1H2. The molecule has 6 rings (SSSR count). The van der Waals surface area contributed by atoms with E-state index in [1.54, 1.807) is 36.4 Å². The maximum Gasteiger partial charge on any atom is 0.336 e. The van der Waals surface area contributed by atoms with Gasteiger partial charge in [-0.1, -0.05) is 78.9 Å². The Morgan fingerprint density at radius 3 is 1.67 bits per heavy atom. The Morgan fingerprint density at radius 1 is 0.588 bits per heavy atom. The summed E-state index contributed by atoms with van der Waals surface area (Å²) in [5.41, 5.74) is 7.21. The van der Waals surface area contributed by atoms with E-state index in [0.717, 1.165) is 40.0 Å². The molecule has 4 N–H and O–H groups in total. The first-order valence-corrected chi connectivity index (χ1v) is 16.0. The first-order chi connectivity index (χ1) is 24.9. The third-order valence-corrected chi connectivity index (χ3v) is 7.94. The van der Waals surface area contributed by atoms with Crippen molar-refractivity contribution in [1.29, 1.82) is 0 Å². The Kier molecular flexibility index (Phi) is 12.4. The highest BCUT2D eigenvalue weighted by Crippen LogP contribution is 2.29. The van der Waals surface area contributed by atoms with Crippen LogP contribution in [-0.4, -0.2) is 29.0 Å². The second kappa shape index (κ2) is 17.7. The van der Waals surface area contributed by atoms with Crippen LogP contribution in [0.2, 0.25) is 0 Å². The monoisotopic (exact) mass is 680 g/mol. The van der Waals surface area contributed by atoms with Crippen LogP contribution in [0.1, 0.15) is 48.5 Å². The van der Waals surface area contributed by atoms with Crippen molar-refractivity contribution in [2.24, 2.45) is 0 Å². The van der Waals surface area contributed by atoms with Gasteiger partial charge in [-0.05, 0) is 102 Å². The second-order valence-corrected chi connectivity index (χ2v) is 11.5. The summed E-state index contributed by atoms with van der Waals surface area (Å²) in [6.07, 6.45) is 1.35. The summed E-state index contributed by atoms with van der Waals surface area (Å²) < 4.78 is 6.03. The van der Waals surface area contributed by atoms with E-state index in [9.17, 15) is 14.7 Å².